The molecule has 2 aliphatic heterocycles. The Balaban J connectivity index is 0.00000267. The van der Waals surface area contributed by atoms with Crippen LogP contribution in [0, 0.1) is 11.7 Å². The maximum absolute atomic E-state index is 14.8. The summed E-state index contributed by atoms with van der Waals surface area (Å²) in [5.74, 6) is -1.50. The summed E-state index contributed by atoms with van der Waals surface area (Å²) in [7, 11) is 0. The Morgan fingerprint density at radius 2 is 1.77 bits per heavy atom. The monoisotopic (exact) mass is 603 g/mol. The topological polar surface area (TPSA) is 98.2 Å². The molecule has 1 saturated carbocycles. The van der Waals surface area contributed by atoms with Gasteiger partial charge in [0.25, 0.3) is 0 Å². The Morgan fingerprint density at radius 3 is 2.36 bits per heavy atom. The fraction of sp³-hybridized carbons (Fsp3) is 0.556. The van der Waals surface area contributed by atoms with Gasteiger partial charge in [-0.05, 0) is 37.8 Å². The van der Waals surface area contributed by atoms with Crippen molar-refractivity contribution in [1.29, 1.82) is 0 Å². The standard InChI is InChI=1S/C27H34FN3O5S.2ClH/c1-17(27(35)36)30-14-13-29(24(33)16-30)11-9-20-15-31(12-10-23(20)37-18(2)32)25(26(34)19-7-8-19)21-5-3-4-6-22(21)28;;/h3-6,9,17,19,23,25H,7-8,10-16H2,1-2H3,(H,35,36);2*1H/b20-9-;;. The summed E-state index contributed by atoms with van der Waals surface area (Å²) in [6, 6.07) is 5.02. The summed E-state index contributed by atoms with van der Waals surface area (Å²) < 4.78 is 14.8. The lowest BCUT2D eigenvalue weighted by Gasteiger charge is -2.39. The van der Waals surface area contributed by atoms with Gasteiger partial charge >= 0.3 is 5.97 Å². The molecule has 12 heteroatoms. The highest BCUT2D eigenvalue weighted by Crippen LogP contribution is 2.40. The van der Waals surface area contributed by atoms with Crippen molar-refractivity contribution in [2.24, 2.45) is 5.92 Å². The average molecular weight is 605 g/mol. The van der Waals surface area contributed by atoms with E-state index in [4.69, 9.17) is 0 Å². The lowest BCUT2D eigenvalue weighted by atomic mass is 9.93. The highest BCUT2D eigenvalue weighted by molar-refractivity contribution is 8.14. The summed E-state index contributed by atoms with van der Waals surface area (Å²) in [6.07, 6.45) is 4.26. The zero-order chi connectivity index (χ0) is 26.7. The van der Waals surface area contributed by atoms with Gasteiger partial charge in [-0.15, -0.1) is 24.8 Å². The molecule has 1 N–H and O–H groups in total. The Morgan fingerprint density at radius 1 is 1.08 bits per heavy atom. The van der Waals surface area contributed by atoms with E-state index in [1.54, 1.807) is 34.9 Å². The summed E-state index contributed by atoms with van der Waals surface area (Å²) in [6.45, 7) is 5.32. The van der Waals surface area contributed by atoms with Crippen LogP contribution in [0.5, 0.6) is 0 Å². The number of rotatable bonds is 9. The minimum atomic E-state index is -0.958. The second kappa shape index (κ2) is 14.6. The highest BCUT2D eigenvalue weighted by atomic mass is 35.5. The summed E-state index contributed by atoms with van der Waals surface area (Å²) in [4.78, 5) is 54.6. The molecule has 4 rings (SSSR count). The van der Waals surface area contributed by atoms with E-state index in [0.29, 0.717) is 44.7 Å². The van der Waals surface area contributed by atoms with Crippen molar-refractivity contribution in [3.8, 4) is 0 Å². The number of halogens is 3. The largest absolute Gasteiger partial charge is 0.480 e. The minimum absolute atomic E-state index is 0. The van der Waals surface area contributed by atoms with Crippen LogP contribution >= 0.6 is 36.6 Å². The molecule has 8 nitrogen and oxygen atoms in total. The van der Waals surface area contributed by atoms with Crippen LogP contribution in [0.4, 0.5) is 4.39 Å². The van der Waals surface area contributed by atoms with Gasteiger partial charge in [-0.2, -0.15) is 0 Å². The number of amides is 1. The Bertz CT molecular complexity index is 1100. The van der Waals surface area contributed by atoms with Crippen LogP contribution in [0.1, 0.15) is 44.7 Å². The van der Waals surface area contributed by atoms with Gasteiger partial charge in [0.15, 0.2) is 10.9 Å². The molecule has 1 amide bonds. The molecule has 0 radical (unpaired) electrons. The first kappa shape index (κ1) is 33.2. The summed E-state index contributed by atoms with van der Waals surface area (Å²) in [5, 5.41) is 9.17. The number of carboxylic acid groups (broad SMARTS) is 1. The second-order valence-electron chi connectivity index (χ2n) is 10.1. The average Bonchev–Trinajstić information content (AvgIpc) is 3.70. The van der Waals surface area contributed by atoms with Crippen LogP contribution in [-0.4, -0.2) is 93.1 Å². The van der Waals surface area contributed by atoms with Crippen LogP contribution < -0.4 is 0 Å². The number of benzene rings is 1. The maximum Gasteiger partial charge on any atom is 0.320 e. The van der Waals surface area contributed by atoms with E-state index >= 15 is 0 Å². The van der Waals surface area contributed by atoms with Crippen molar-refractivity contribution < 1.29 is 28.7 Å². The van der Waals surface area contributed by atoms with Gasteiger partial charge in [-0.25, -0.2) is 4.39 Å². The molecule has 3 fully saturated rings. The number of likely N-dealkylation sites (tertiary alicyclic amines) is 1. The van der Waals surface area contributed by atoms with E-state index in [-0.39, 0.29) is 59.3 Å². The van der Waals surface area contributed by atoms with Crippen molar-refractivity contribution in [2.45, 2.75) is 50.4 Å². The van der Waals surface area contributed by atoms with Crippen LogP contribution in [-0.2, 0) is 19.2 Å². The predicted octanol–water partition coefficient (Wildman–Crippen LogP) is 3.59. The molecule has 0 bridgehead atoms. The SMILES string of the molecule is CC(=O)SC1CCN(C(C(=O)C2CC2)c2ccccc2F)C/C1=C/CN1CCN(C(C)C(=O)O)CC1=O.Cl.Cl. The third-order valence-corrected chi connectivity index (χ3v) is 8.58. The molecule has 1 aromatic carbocycles. The Kier molecular flexibility index (Phi) is 12.4. The minimum Gasteiger partial charge on any atom is -0.480 e. The molecule has 3 aliphatic rings. The number of ketones is 1. The number of thioether (sulfide) groups is 1. The molecule has 216 valence electrons. The molecule has 1 aromatic rings. The van der Waals surface area contributed by atoms with Gasteiger partial charge in [-0.1, -0.05) is 36.0 Å². The predicted molar refractivity (Wildman–Crippen MR) is 153 cm³/mol. The van der Waals surface area contributed by atoms with E-state index in [9.17, 15) is 28.7 Å². The maximum atomic E-state index is 14.8. The van der Waals surface area contributed by atoms with E-state index in [2.05, 4.69) is 0 Å². The van der Waals surface area contributed by atoms with Crippen molar-refractivity contribution in [3.05, 3.63) is 47.3 Å². The Labute approximate surface area is 245 Å². The number of piperazine rings is 1. The molecular weight excluding hydrogens is 568 g/mol. The number of hydrogen-bond donors (Lipinski definition) is 1. The van der Waals surface area contributed by atoms with Crippen molar-refractivity contribution >= 4 is 59.4 Å². The Hall–Kier alpha value is -1.98. The quantitative estimate of drug-likeness (QED) is 0.428. The molecular formula is C27H36Cl2FN3O5S. The van der Waals surface area contributed by atoms with Gasteiger partial charge in [0.1, 0.15) is 11.9 Å². The zero-order valence-electron chi connectivity index (χ0n) is 22.1. The normalized spacial score (nSPS) is 22.9. The van der Waals surface area contributed by atoms with E-state index in [0.717, 1.165) is 18.4 Å². The number of aliphatic carboxylic acids is 1. The van der Waals surface area contributed by atoms with Gasteiger partial charge in [0, 0.05) is 56.4 Å². The van der Waals surface area contributed by atoms with Crippen LogP contribution in [0.2, 0.25) is 0 Å². The lowest BCUT2D eigenvalue weighted by molar-refractivity contribution is -0.146. The van der Waals surface area contributed by atoms with Crippen molar-refractivity contribution in [2.75, 3.05) is 39.3 Å². The number of piperidine rings is 1. The third kappa shape index (κ3) is 8.27. The van der Waals surface area contributed by atoms with E-state index < -0.39 is 23.9 Å². The molecule has 2 saturated heterocycles. The first-order valence-electron chi connectivity index (χ1n) is 12.8. The number of Topliss-reactive ketones (excluding diaryl/α,β-unsaturated/α-hetero) is 1. The van der Waals surface area contributed by atoms with Gasteiger partial charge in [-0.3, -0.25) is 29.0 Å². The second-order valence-corrected chi connectivity index (χ2v) is 11.4. The summed E-state index contributed by atoms with van der Waals surface area (Å²) >= 11 is 1.25. The fourth-order valence-corrected chi connectivity index (χ4v) is 6.03. The molecule has 0 spiro atoms. The molecule has 3 atom stereocenters. The highest BCUT2D eigenvalue weighted by Gasteiger charge is 2.41. The van der Waals surface area contributed by atoms with Gasteiger partial charge in [0.05, 0.1) is 12.6 Å². The number of carboxylic acids is 1. The lowest BCUT2D eigenvalue weighted by Crippen LogP contribution is -2.54. The first-order chi connectivity index (χ1) is 17.7. The van der Waals surface area contributed by atoms with E-state index in [1.165, 1.54) is 24.8 Å². The van der Waals surface area contributed by atoms with Gasteiger partial charge < -0.3 is 10.0 Å². The fourth-order valence-electron chi connectivity index (χ4n) is 5.09. The first-order valence-corrected chi connectivity index (χ1v) is 13.7. The van der Waals surface area contributed by atoms with Crippen LogP contribution in [0.15, 0.2) is 35.9 Å². The number of hydrogen-bond acceptors (Lipinski definition) is 7. The third-order valence-electron chi connectivity index (χ3n) is 7.43. The van der Waals surface area contributed by atoms with Crippen molar-refractivity contribution in [3.63, 3.8) is 0 Å². The molecule has 3 unspecified atom stereocenters. The number of carbonyl (C=O) groups excluding carboxylic acids is 3. The number of carbonyl (C=O) groups is 4. The van der Waals surface area contributed by atoms with Gasteiger partial charge in [0.2, 0.25) is 5.91 Å². The van der Waals surface area contributed by atoms with Crippen molar-refractivity contribution in [1.82, 2.24) is 14.7 Å². The number of nitrogens with zero attached hydrogens (tertiary/aromatic N) is 3. The summed E-state index contributed by atoms with van der Waals surface area (Å²) in [5.41, 5.74) is 1.33. The van der Waals surface area contributed by atoms with Crippen LogP contribution in [0.25, 0.3) is 0 Å². The molecule has 2 heterocycles. The van der Waals surface area contributed by atoms with Crippen LogP contribution in [0.3, 0.4) is 0 Å². The van der Waals surface area contributed by atoms with E-state index in [1.807, 2.05) is 11.0 Å². The smallest absolute Gasteiger partial charge is 0.320 e. The molecule has 39 heavy (non-hydrogen) atoms. The molecule has 1 aliphatic carbocycles. The zero-order valence-corrected chi connectivity index (χ0v) is 24.5. The molecule has 0 aromatic heterocycles.